The van der Waals surface area contributed by atoms with Crippen LogP contribution in [0.4, 0.5) is 5.69 Å². The summed E-state index contributed by atoms with van der Waals surface area (Å²) in [5.74, 6) is 1.69. The second kappa shape index (κ2) is 9.99. The molecule has 0 radical (unpaired) electrons. The summed E-state index contributed by atoms with van der Waals surface area (Å²) in [6.07, 6.45) is 6.69. The molecular weight excluding hydrogens is 368 g/mol. The van der Waals surface area contributed by atoms with Gasteiger partial charge in [-0.3, -0.25) is 9.59 Å². The molecule has 1 aliphatic carbocycles. The van der Waals surface area contributed by atoms with E-state index in [-0.39, 0.29) is 24.2 Å². The summed E-state index contributed by atoms with van der Waals surface area (Å²) in [5.41, 5.74) is 0.600. The molecular formula is C23H34N2O4. The maximum absolute atomic E-state index is 12.9. The standard InChI is InChI=1S/C23H34N2O4/c1-4-5-12-29-21-11-10-19(28-3)14-20(21)24-23(27)17-13-22(26)25(15-17)18-8-6-16(2)7-9-18/h10-11,14,16-18H,4-9,12-13,15H2,1-3H3,(H,24,27). The summed E-state index contributed by atoms with van der Waals surface area (Å²) in [6.45, 7) is 5.49. The lowest BCUT2D eigenvalue weighted by atomic mass is 9.87. The topological polar surface area (TPSA) is 67.9 Å². The Labute approximate surface area is 173 Å². The molecule has 160 valence electrons. The molecule has 2 aliphatic rings. The van der Waals surface area contributed by atoms with Gasteiger partial charge in [-0.05, 0) is 50.2 Å². The zero-order valence-electron chi connectivity index (χ0n) is 17.9. The van der Waals surface area contributed by atoms with Crippen molar-refractivity contribution in [3.05, 3.63) is 18.2 Å². The quantitative estimate of drug-likeness (QED) is 0.661. The lowest BCUT2D eigenvalue weighted by Crippen LogP contribution is -2.39. The first-order valence-corrected chi connectivity index (χ1v) is 10.9. The van der Waals surface area contributed by atoms with Crippen molar-refractivity contribution in [3.63, 3.8) is 0 Å². The summed E-state index contributed by atoms with van der Waals surface area (Å²) in [4.78, 5) is 27.4. The second-order valence-corrected chi connectivity index (χ2v) is 8.41. The number of amides is 2. The molecule has 1 aromatic rings. The Morgan fingerprint density at radius 1 is 1.24 bits per heavy atom. The van der Waals surface area contributed by atoms with Crippen molar-refractivity contribution in [3.8, 4) is 11.5 Å². The summed E-state index contributed by atoms with van der Waals surface area (Å²) in [6, 6.07) is 5.71. The van der Waals surface area contributed by atoms with E-state index >= 15 is 0 Å². The van der Waals surface area contributed by atoms with Crippen molar-refractivity contribution in [1.29, 1.82) is 0 Å². The zero-order chi connectivity index (χ0) is 20.8. The smallest absolute Gasteiger partial charge is 0.229 e. The fourth-order valence-electron chi connectivity index (χ4n) is 4.24. The molecule has 1 aliphatic heterocycles. The van der Waals surface area contributed by atoms with Gasteiger partial charge in [0.25, 0.3) is 0 Å². The van der Waals surface area contributed by atoms with Crippen LogP contribution in [0.2, 0.25) is 0 Å². The number of hydrogen-bond acceptors (Lipinski definition) is 4. The summed E-state index contributed by atoms with van der Waals surface area (Å²) in [7, 11) is 1.59. The van der Waals surface area contributed by atoms with Gasteiger partial charge in [-0.15, -0.1) is 0 Å². The predicted molar refractivity (Wildman–Crippen MR) is 113 cm³/mol. The highest BCUT2D eigenvalue weighted by molar-refractivity contribution is 5.98. The molecule has 1 N–H and O–H groups in total. The van der Waals surface area contributed by atoms with E-state index in [1.54, 1.807) is 13.2 Å². The number of methoxy groups -OCH3 is 1. The van der Waals surface area contributed by atoms with E-state index in [1.807, 2.05) is 17.0 Å². The molecule has 3 rings (SSSR count). The number of rotatable bonds is 8. The second-order valence-electron chi connectivity index (χ2n) is 8.41. The van der Waals surface area contributed by atoms with Crippen molar-refractivity contribution < 1.29 is 19.1 Å². The van der Waals surface area contributed by atoms with Gasteiger partial charge in [0.15, 0.2) is 0 Å². The summed E-state index contributed by atoms with van der Waals surface area (Å²) in [5, 5.41) is 2.98. The summed E-state index contributed by atoms with van der Waals surface area (Å²) >= 11 is 0. The molecule has 0 spiro atoms. The highest BCUT2D eigenvalue weighted by Crippen LogP contribution is 2.33. The van der Waals surface area contributed by atoms with E-state index in [0.717, 1.165) is 44.4 Å². The van der Waals surface area contributed by atoms with Crippen molar-refractivity contribution in [2.24, 2.45) is 11.8 Å². The molecule has 1 heterocycles. The maximum Gasteiger partial charge on any atom is 0.229 e. The third-order valence-electron chi connectivity index (χ3n) is 6.16. The molecule has 29 heavy (non-hydrogen) atoms. The SMILES string of the molecule is CCCCOc1ccc(OC)cc1NC(=O)C1CC(=O)N(C2CCC(C)CC2)C1. The van der Waals surface area contributed by atoms with Crippen LogP contribution in [-0.4, -0.2) is 43.0 Å². The normalized spacial score (nSPS) is 24.4. The van der Waals surface area contributed by atoms with Crippen LogP contribution in [0.5, 0.6) is 11.5 Å². The Kier molecular flexibility index (Phi) is 7.40. The fourth-order valence-corrected chi connectivity index (χ4v) is 4.24. The van der Waals surface area contributed by atoms with E-state index in [2.05, 4.69) is 19.2 Å². The number of benzene rings is 1. The monoisotopic (exact) mass is 402 g/mol. The van der Waals surface area contributed by atoms with Gasteiger partial charge in [0.05, 0.1) is 25.3 Å². The first kappa shape index (κ1) is 21.5. The van der Waals surface area contributed by atoms with E-state index in [4.69, 9.17) is 9.47 Å². The van der Waals surface area contributed by atoms with Crippen LogP contribution in [0, 0.1) is 11.8 Å². The van der Waals surface area contributed by atoms with Gasteiger partial charge in [0, 0.05) is 25.1 Å². The Morgan fingerprint density at radius 2 is 2.00 bits per heavy atom. The lowest BCUT2D eigenvalue weighted by molar-refractivity contribution is -0.130. The molecule has 6 heteroatoms. The molecule has 2 amide bonds. The van der Waals surface area contributed by atoms with Crippen LogP contribution < -0.4 is 14.8 Å². The molecule has 1 aromatic carbocycles. The number of likely N-dealkylation sites (tertiary alicyclic amines) is 1. The molecule has 0 aromatic heterocycles. The number of nitrogens with one attached hydrogen (secondary N) is 1. The Balaban J connectivity index is 1.64. The average Bonchev–Trinajstić information content (AvgIpc) is 3.11. The van der Waals surface area contributed by atoms with E-state index in [9.17, 15) is 9.59 Å². The zero-order valence-corrected chi connectivity index (χ0v) is 17.9. The van der Waals surface area contributed by atoms with Crippen molar-refractivity contribution in [2.75, 3.05) is 25.6 Å². The van der Waals surface area contributed by atoms with Crippen LogP contribution in [-0.2, 0) is 9.59 Å². The number of anilines is 1. The van der Waals surface area contributed by atoms with Crippen LogP contribution in [0.15, 0.2) is 18.2 Å². The Bertz CT molecular complexity index is 713. The minimum absolute atomic E-state index is 0.106. The first-order valence-electron chi connectivity index (χ1n) is 10.9. The number of hydrogen-bond donors (Lipinski definition) is 1. The van der Waals surface area contributed by atoms with Gasteiger partial charge >= 0.3 is 0 Å². The van der Waals surface area contributed by atoms with Gasteiger partial charge in [-0.25, -0.2) is 0 Å². The summed E-state index contributed by atoms with van der Waals surface area (Å²) < 4.78 is 11.1. The largest absolute Gasteiger partial charge is 0.497 e. The first-order chi connectivity index (χ1) is 14.0. The van der Waals surface area contributed by atoms with E-state index in [0.29, 0.717) is 36.4 Å². The van der Waals surface area contributed by atoms with Crippen molar-refractivity contribution in [1.82, 2.24) is 4.90 Å². The number of unbranched alkanes of at least 4 members (excludes halogenated alkanes) is 1. The third kappa shape index (κ3) is 5.43. The molecule has 6 nitrogen and oxygen atoms in total. The minimum Gasteiger partial charge on any atom is -0.497 e. The average molecular weight is 403 g/mol. The van der Waals surface area contributed by atoms with Gasteiger partial charge < -0.3 is 19.7 Å². The number of ether oxygens (including phenoxy) is 2. The Morgan fingerprint density at radius 3 is 2.69 bits per heavy atom. The van der Waals surface area contributed by atoms with E-state index in [1.165, 1.54) is 0 Å². The predicted octanol–water partition coefficient (Wildman–Crippen LogP) is 4.24. The Hall–Kier alpha value is -2.24. The van der Waals surface area contributed by atoms with Crippen LogP contribution in [0.1, 0.15) is 58.8 Å². The van der Waals surface area contributed by atoms with Crippen molar-refractivity contribution in [2.45, 2.75) is 64.8 Å². The van der Waals surface area contributed by atoms with Crippen molar-refractivity contribution >= 4 is 17.5 Å². The highest BCUT2D eigenvalue weighted by atomic mass is 16.5. The lowest BCUT2D eigenvalue weighted by Gasteiger charge is -2.33. The van der Waals surface area contributed by atoms with Crippen LogP contribution in [0.25, 0.3) is 0 Å². The van der Waals surface area contributed by atoms with Gasteiger partial charge in [-0.1, -0.05) is 20.3 Å². The third-order valence-corrected chi connectivity index (χ3v) is 6.16. The van der Waals surface area contributed by atoms with Gasteiger partial charge in [-0.2, -0.15) is 0 Å². The fraction of sp³-hybridized carbons (Fsp3) is 0.652. The van der Waals surface area contributed by atoms with Gasteiger partial charge in [0.2, 0.25) is 11.8 Å². The van der Waals surface area contributed by atoms with E-state index < -0.39 is 0 Å². The molecule has 1 saturated heterocycles. The number of carbonyl (C=O) groups is 2. The molecule has 2 fully saturated rings. The number of nitrogens with zero attached hydrogens (tertiary/aromatic N) is 1. The maximum atomic E-state index is 12.9. The minimum atomic E-state index is -0.323. The highest BCUT2D eigenvalue weighted by Gasteiger charge is 2.38. The molecule has 0 bridgehead atoms. The number of carbonyl (C=O) groups excluding carboxylic acids is 2. The molecule has 1 atom stereocenters. The molecule has 1 saturated carbocycles. The molecule has 1 unspecified atom stereocenters. The van der Waals surface area contributed by atoms with Crippen LogP contribution in [0.3, 0.4) is 0 Å². The van der Waals surface area contributed by atoms with Crippen LogP contribution >= 0.6 is 0 Å². The van der Waals surface area contributed by atoms with Gasteiger partial charge in [0.1, 0.15) is 11.5 Å².